The summed E-state index contributed by atoms with van der Waals surface area (Å²) in [7, 11) is 0. The van der Waals surface area contributed by atoms with Crippen LogP contribution in [-0.2, 0) is 6.61 Å². The Hall–Kier alpha value is -3.76. The van der Waals surface area contributed by atoms with E-state index in [0.717, 1.165) is 28.3 Å². The Labute approximate surface area is 192 Å². The molecule has 0 saturated heterocycles. The first-order valence-corrected chi connectivity index (χ1v) is 10.8. The number of fused-ring (bicyclic) bond motifs is 1. The molecule has 0 saturated carbocycles. The second-order valence-corrected chi connectivity index (χ2v) is 8.03. The number of hydrogen-bond acceptors (Lipinski definition) is 3. The Bertz CT molecular complexity index is 1240. The largest absolute Gasteiger partial charge is 0.489 e. The van der Waals surface area contributed by atoms with Gasteiger partial charge < -0.3 is 10.1 Å². The number of benzene rings is 4. The molecule has 158 valence electrons. The third-order valence-electron chi connectivity index (χ3n) is 5.45. The van der Waals surface area contributed by atoms with E-state index in [1.54, 1.807) is 17.0 Å². The predicted octanol–water partition coefficient (Wildman–Crippen LogP) is 6.69. The first-order valence-electron chi connectivity index (χ1n) is 10.4. The van der Waals surface area contributed by atoms with Gasteiger partial charge in [0.1, 0.15) is 18.5 Å². The smallest absolute Gasteiger partial charge is 0.262 e. The molecule has 1 unspecified atom stereocenters. The number of nitrogens with zero attached hydrogens (tertiary/aromatic N) is 1. The van der Waals surface area contributed by atoms with Crippen molar-refractivity contribution in [2.24, 2.45) is 0 Å². The lowest BCUT2D eigenvalue weighted by Gasteiger charge is -2.38. The highest BCUT2D eigenvalue weighted by Crippen LogP contribution is 2.37. The van der Waals surface area contributed by atoms with Crippen LogP contribution in [0.3, 0.4) is 0 Å². The zero-order valence-corrected chi connectivity index (χ0v) is 18.0. The van der Waals surface area contributed by atoms with Crippen molar-refractivity contribution in [2.45, 2.75) is 12.8 Å². The van der Waals surface area contributed by atoms with E-state index < -0.39 is 0 Å². The molecule has 1 N–H and O–H groups in total. The monoisotopic (exact) mass is 440 g/mol. The Morgan fingerprint density at radius 3 is 2.41 bits per heavy atom. The molecule has 1 aliphatic heterocycles. The van der Waals surface area contributed by atoms with Crippen molar-refractivity contribution in [1.29, 1.82) is 0 Å². The van der Waals surface area contributed by atoms with Crippen LogP contribution in [0.15, 0.2) is 103 Å². The van der Waals surface area contributed by atoms with Gasteiger partial charge in [-0.15, -0.1) is 0 Å². The minimum Gasteiger partial charge on any atom is -0.489 e. The lowest BCUT2D eigenvalue weighted by molar-refractivity contribution is 0.0975. The minimum atomic E-state index is -0.390. The lowest BCUT2D eigenvalue weighted by Crippen LogP contribution is -2.43. The topological polar surface area (TPSA) is 41.6 Å². The van der Waals surface area contributed by atoms with Gasteiger partial charge in [0.05, 0.1) is 5.56 Å². The van der Waals surface area contributed by atoms with Gasteiger partial charge >= 0.3 is 0 Å². The van der Waals surface area contributed by atoms with Gasteiger partial charge in [-0.05, 0) is 59.7 Å². The predicted molar refractivity (Wildman–Crippen MR) is 128 cm³/mol. The van der Waals surface area contributed by atoms with Crippen molar-refractivity contribution < 1.29 is 9.53 Å². The lowest BCUT2D eigenvalue weighted by atomic mass is 10.0. The summed E-state index contributed by atoms with van der Waals surface area (Å²) in [6, 6.07) is 32.8. The number of para-hydroxylation sites is 1. The van der Waals surface area contributed by atoms with Crippen molar-refractivity contribution in [2.75, 3.05) is 10.2 Å². The van der Waals surface area contributed by atoms with Crippen LogP contribution in [0.4, 0.5) is 11.4 Å². The van der Waals surface area contributed by atoms with Crippen LogP contribution < -0.4 is 15.0 Å². The van der Waals surface area contributed by atoms with Crippen molar-refractivity contribution in [3.05, 3.63) is 125 Å². The zero-order chi connectivity index (χ0) is 21.9. The van der Waals surface area contributed by atoms with Gasteiger partial charge in [0.2, 0.25) is 0 Å². The molecule has 5 rings (SSSR count). The van der Waals surface area contributed by atoms with E-state index in [0.29, 0.717) is 17.2 Å². The van der Waals surface area contributed by atoms with Gasteiger partial charge in [0.15, 0.2) is 0 Å². The molecule has 0 spiro atoms. The second-order valence-electron chi connectivity index (χ2n) is 7.59. The fraction of sp³-hybridized carbons (Fsp3) is 0.0741. The molecule has 4 aromatic carbocycles. The number of halogens is 1. The first-order chi connectivity index (χ1) is 15.7. The summed E-state index contributed by atoms with van der Waals surface area (Å²) in [6.45, 7) is 0.477. The number of amides is 1. The Kier molecular flexibility index (Phi) is 5.53. The quantitative estimate of drug-likeness (QED) is 0.376. The van der Waals surface area contributed by atoms with Crippen molar-refractivity contribution >= 4 is 28.9 Å². The van der Waals surface area contributed by atoms with Crippen LogP contribution in [0.25, 0.3) is 0 Å². The molecular formula is C27H21ClN2O2. The number of hydrogen-bond donors (Lipinski definition) is 1. The molecule has 0 bridgehead atoms. The SMILES string of the molecule is O=C1c2ccccc2NC(c2cccc(OCc3ccccc3)c2)N1c1ccc(Cl)cc1. The minimum absolute atomic E-state index is 0.0673. The number of carbonyl (C=O) groups excluding carboxylic acids is 1. The highest BCUT2D eigenvalue weighted by molar-refractivity contribution is 6.30. The zero-order valence-electron chi connectivity index (χ0n) is 17.2. The van der Waals surface area contributed by atoms with Gasteiger partial charge in [-0.2, -0.15) is 0 Å². The number of nitrogens with one attached hydrogen (secondary N) is 1. The van der Waals surface area contributed by atoms with Crippen LogP contribution in [0.1, 0.15) is 27.7 Å². The van der Waals surface area contributed by atoms with Crippen LogP contribution >= 0.6 is 11.6 Å². The molecule has 1 atom stereocenters. The molecular weight excluding hydrogens is 420 g/mol. The van der Waals surface area contributed by atoms with E-state index in [1.165, 1.54) is 0 Å². The molecule has 1 amide bonds. The molecule has 1 heterocycles. The number of carbonyl (C=O) groups is 1. The van der Waals surface area contributed by atoms with Crippen molar-refractivity contribution in [3.8, 4) is 5.75 Å². The standard InChI is InChI=1S/C27H21ClN2O2/c28-21-13-15-22(16-14-21)30-26(29-25-12-5-4-11-24(25)27(30)31)20-9-6-10-23(17-20)32-18-19-7-2-1-3-8-19/h1-17,26,29H,18H2. The van der Waals surface area contributed by atoms with Gasteiger partial charge in [-0.3, -0.25) is 9.69 Å². The van der Waals surface area contributed by atoms with Crippen LogP contribution in [0.2, 0.25) is 5.02 Å². The molecule has 0 radical (unpaired) electrons. The third-order valence-corrected chi connectivity index (χ3v) is 5.71. The normalized spacial score (nSPS) is 15.1. The van der Waals surface area contributed by atoms with E-state index >= 15 is 0 Å². The number of rotatable bonds is 5. The Morgan fingerprint density at radius 1 is 0.844 bits per heavy atom. The van der Waals surface area contributed by atoms with Crippen LogP contribution in [-0.4, -0.2) is 5.91 Å². The third kappa shape index (κ3) is 4.05. The molecule has 0 aromatic heterocycles. The number of ether oxygens (including phenoxy) is 1. The fourth-order valence-corrected chi connectivity index (χ4v) is 4.00. The van der Waals surface area contributed by atoms with Gasteiger partial charge in [0, 0.05) is 16.4 Å². The summed E-state index contributed by atoms with van der Waals surface area (Å²) in [5.41, 5.74) is 4.23. The summed E-state index contributed by atoms with van der Waals surface area (Å²) in [6.07, 6.45) is -0.390. The summed E-state index contributed by atoms with van der Waals surface area (Å²) in [5, 5.41) is 4.15. The summed E-state index contributed by atoms with van der Waals surface area (Å²) in [5.74, 6) is 0.679. The van der Waals surface area contributed by atoms with Gasteiger partial charge in [-0.1, -0.05) is 66.2 Å². The van der Waals surface area contributed by atoms with Crippen molar-refractivity contribution in [3.63, 3.8) is 0 Å². The summed E-state index contributed by atoms with van der Waals surface area (Å²) < 4.78 is 6.03. The van der Waals surface area contributed by atoms with E-state index in [-0.39, 0.29) is 12.1 Å². The Morgan fingerprint density at radius 2 is 1.59 bits per heavy atom. The van der Waals surface area contributed by atoms with Crippen LogP contribution in [0.5, 0.6) is 5.75 Å². The highest BCUT2D eigenvalue weighted by atomic mass is 35.5. The molecule has 4 nitrogen and oxygen atoms in total. The van der Waals surface area contributed by atoms with Crippen molar-refractivity contribution in [1.82, 2.24) is 0 Å². The Balaban J connectivity index is 1.50. The molecule has 32 heavy (non-hydrogen) atoms. The molecule has 5 heteroatoms. The molecule has 1 aliphatic rings. The fourth-order valence-electron chi connectivity index (χ4n) is 3.87. The van der Waals surface area contributed by atoms with E-state index in [9.17, 15) is 4.79 Å². The van der Waals surface area contributed by atoms with E-state index in [1.807, 2.05) is 91.0 Å². The average Bonchev–Trinajstić information content (AvgIpc) is 2.84. The van der Waals surface area contributed by atoms with Gasteiger partial charge in [0.25, 0.3) is 5.91 Å². The maximum absolute atomic E-state index is 13.5. The van der Waals surface area contributed by atoms with E-state index in [4.69, 9.17) is 16.3 Å². The molecule has 0 fully saturated rings. The number of anilines is 2. The molecule has 4 aromatic rings. The first kappa shape index (κ1) is 20.2. The maximum Gasteiger partial charge on any atom is 0.262 e. The second kappa shape index (κ2) is 8.77. The maximum atomic E-state index is 13.5. The van der Waals surface area contributed by atoms with E-state index in [2.05, 4.69) is 5.32 Å². The summed E-state index contributed by atoms with van der Waals surface area (Å²) in [4.78, 5) is 15.3. The van der Waals surface area contributed by atoms with Crippen LogP contribution in [0, 0.1) is 0 Å². The summed E-state index contributed by atoms with van der Waals surface area (Å²) >= 11 is 6.09. The van der Waals surface area contributed by atoms with Gasteiger partial charge in [-0.25, -0.2) is 0 Å². The average molecular weight is 441 g/mol. The molecule has 0 aliphatic carbocycles. The highest BCUT2D eigenvalue weighted by Gasteiger charge is 2.34.